The maximum atomic E-state index is 14.2. The Hall–Kier alpha value is -3.21. The van der Waals surface area contributed by atoms with Crippen LogP contribution in [-0.4, -0.2) is 44.9 Å². The lowest BCUT2D eigenvalue weighted by Crippen LogP contribution is -2.39. The van der Waals surface area contributed by atoms with Crippen molar-refractivity contribution in [3.05, 3.63) is 59.4 Å². The van der Waals surface area contributed by atoms with Gasteiger partial charge in [-0.2, -0.15) is 5.09 Å². The summed E-state index contributed by atoms with van der Waals surface area (Å²) in [4.78, 5) is 22.0. The number of fused-ring (bicyclic) bond motifs is 3. The van der Waals surface area contributed by atoms with E-state index in [0.717, 1.165) is 10.9 Å². The SMILES string of the molecule is CCOCc1nc2c(N)nc3ccccc3c2n1C[C@@H](C)O[P@@](=O)(N[C@@H](C)C(=O)OC(C)(C)C)Oc1ccc(Cl)cc1. The van der Waals surface area contributed by atoms with Crippen molar-refractivity contribution in [1.29, 1.82) is 0 Å². The topological polar surface area (TPSA) is 140 Å². The molecule has 2 heterocycles. The van der Waals surface area contributed by atoms with Gasteiger partial charge >= 0.3 is 13.7 Å². The van der Waals surface area contributed by atoms with Crippen LogP contribution in [-0.2, 0) is 36.5 Å². The number of nitrogens with zero attached hydrogens (tertiary/aromatic N) is 3. The van der Waals surface area contributed by atoms with E-state index in [4.69, 9.17) is 40.8 Å². The molecule has 0 aliphatic rings. The van der Waals surface area contributed by atoms with Crippen molar-refractivity contribution >= 4 is 53.1 Å². The molecule has 0 aliphatic carbocycles. The van der Waals surface area contributed by atoms with Crippen molar-refractivity contribution in [2.45, 2.75) is 72.4 Å². The highest BCUT2D eigenvalue weighted by atomic mass is 35.5. The van der Waals surface area contributed by atoms with Gasteiger partial charge < -0.3 is 24.3 Å². The van der Waals surface area contributed by atoms with Crippen LogP contribution in [0.25, 0.3) is 21.9 Å². The molecule has 0 radical (unpaired) electrons. The van der Waals surface area contributed by atoms with Gasteiger partial charge in [0.25, 0.3) is 0 Å². The molecule has 0 unspecified atom stereocenters. The summed E-state index contributed by atoms with van der Waals surface area (Å²) in [7, 11) is -4.16. The van der Waals surface area contributed by atoms with Crippen LogP contribution in [0.1, 0.15) is 47.4 Å². The molecule has 0 fully saturated rings. The van der Waals surface area contributed by atoms with Gasteiger partial charge in [0.1, 0.15) is 35.3 Å². The Morgan fingerprint density at radius 2 is 1.81 bits per heavy atom. The lowest BCUT2D eigenvalue weighted by molar-refractivity contribution is -0.156. The van der Waals surface area contributed by atoms with Gasteiger partial charge in [0.05, 0.1) is 23.7 Å². The lowest BCUT2D eigenvalue weighted by Gasteiger charge is -2.28. The largest absolute Gasteiger partial charge is 0.459 e. The third kappa shape index (κ3) is 7.79. The van der Waals surface area contributed by atoms with Crippen LogP contribution in [0.2, 0.25) is 5.02 Å². The number of halogens is 1. The first-order chi connectivity index (χ1) is 19.8. The molecule has 3 atom stereocenters. The monoisotopic (exact) mass is 617 g/mol. The van der Waals surface area contributed by atoms with E-state index in [1.165, 1.54) is 6.92 Å². The number of imidazole rings is 1. The molecule has 11 nitrogen and oxygen atoms in total. The van der Waals surface area contributed by atoms with Crippen molar-refractivity contribution in [2.24, 2.45) is 0 Å². The molecule has 0 amide bonds. The zero-order valence-corrected chi connectivity index (χ0v) is 26.2. The number of esters is 1. The van der Waals surface area contributed by atoms with Crippen molar-refractivity contribution in [2.75, 3.05) is 12.3 Å². The first kappa shape index (κ1) is 31.7. The van der Waals surface area contributed by atoms with E-state index < -0.39 is 31.5 Å². The van der Waals surface area contributed by atoms with E-state index in [1.54, 1.807) is 52.0 Å². The van der Waals surface area contributed by atoms with Gasteiger partial charge in [-0.15, -0.1) is 0 Å². The fourth-order valence-corrected chi connectivity index (χ4v) is 6.13. The first-order valence-electron chi connectivity index (χ1n) is 13.6. The van der Waals surface area contributed by atoms with E-state index in [0.29, 0.717) is 34.3 Å². The maximum Gasteiger partial charge on any atom is 0.459 e. The molecule has 42 heavy (non-hydrogen) atoms. The molecular formula is C29H37ClN5O6P. The van der Waals surface area contributed by atoms with Gasteiger partial charge in [-0.3, -0.25) is 9.32 Å². The highest BCUT2D eigenvalue weighted by Gasteiger charge is 2.35. The van der Waals surface area contributed by atoms with Crippen LogP contribution in [0, 0.1) is 0 Å². The van der Waals surface area contributed by atoms with E-state index >= 15 is 0 Å². The Kier molecular flexibility index (Phi) is 9.80. The van der Waals surface area contributed by atoms with Gasteiger partial charge in [-0.05, 0) is 71.9 Å². The number of carbonyl (C=O) groups is 1. The number of hydrogen-bond acceptors (Lipinski definition) is 9. The fourth-order valence-electron chi connectivity index (χ4n) is 4.33. The average molecular weight is 618 g/mol. The van der Waals surface area contributed by atoms with Crippen LogP contribution >= 0.6 is 19.3 Å². The van der Waals surface area contributed by atoms with Gasteiger partial charge in [-0.25, -0.2) is 14.5 Å². The minimum Gasteiger partial charge on any atom is -0.459 e. The normalized spacial score (nSPS) is 14.9. The number of pyridine rings is 1. The highest BCUT2D eigenvalue weighted by molar-refractivity contribution is 7.52. The smallest absolute Gasteiger partial charge is 0.459 e. The molecule has 13 heteroatoms. The molecule has 4 aromatic rings. The number of para-hydroxylation sites is 1. The van der Waals surface area contributed by atoms with Crippen molar-refractivity contribution in [3.63, 3.8) is 0 Å². The summed E-state index contributed by atoms with van der Waals surface area (Å²) < 4.78 is 39.2. The number of nitrogens with one attached hydrogen (secondary N) is 1. The highest BCUT2D eigenvalue weighted by Crippen LogP contribution is 2.47. The number of ether oxygens (including phenoxy) is 2. The molecule has 0 bridgehead atoms. The van der Waals surface area contributed by atoms with Crippen LogP contribution in [0.15, 0.2) is 48.5 Å². The molecule has 226 valence electrons. The molecule has 0 spiro atoms. The summed E-state index contributed by atoms with van der Waals surface area (Å²) >= 11 is 6.02. The molecule has 0 aliphatic heterocycles. The molecule has 0 saturated carbocycles. The molecule has 2 aromatic carbocycles. The zero-order chi connectivity index (χ0) is 30.7. The summed E-state index contributed by atoms with van der Waals surface area (Å²) in [5.74, 6) is 0.538. The summed E-state index contributed by atoms with van der Waals surface area (Å²) in [6, 6.07) is 12.9. The minimum atomic E-state index is -4.16. The maximum absolute atomic E-state index is 14.2. The summed E-state index contributed by atoms with van der Waals surface area (Å²) in [5.41, 5.74) is 7.57. The number of aromatic nitrogens is 3. The molecular weight excluding hydrogens is 581 g/mol. The zero-order valence-electron chi connectivity index (χ0n) is 24.6. The number of benzene rings is 2. The van der Waals surface area contributed by atoms with E-state index in [-0.39, 0.29) is 18.9 Å². The Morgan fingerprint density at radius 3 is 2.48 bits per heavy atom. The van der Waals surface area contributed by atoms with Gasteiger partial charge in [0.15, 0.2) is 5.82 Å². The molecule has 3 N–H and O–H groups in total. The second-order valence-electron chi connectivity index (χ2n) is 10.8. The van der Waals surface area contributed by atoms with Crippen molar-refractivity contribution in [3.8, 4) is 5.75 Å². The Labute approximate surface area is 250 Å². The van der Waals surface area contributed by atoms with E-state index in [2.05, 4.69) is 10.1 Å². The number of anilines is 1. The third-order valence-electron chi connectivity index (χ3n) is 6.03. The number of carbonyl (C=O) groups excluding carboxylic acids is 1. The Bertz CT molecular complexity index is 1600. The minimum absolute atomic E-state index is 0.211. The van der Waals surface area contributed by atoms with E-state index in [1.807, 2.05) is 35.8 Å². The summed E-state index contributed by atoms with van der Waals surface area (Å²) in [6.07, 6.45) is -0.701. The standard InChI is InChI=1S/C29H37ClN5O6P/c1-7-38-17-24-33-25-26(22-10-8-9-11-23(22)32-27(25)31)35(24)16-18(2)40-42(37,41-21-14-12-20(30)13-15-21)34-19(3)28(36)39-29(4,5)6/h8-15,18-19H,7,16-17H2,1-6H3,(H2,31,32)(H,34,37)/t18-,19+,42+/m1/s1. The predicted molar refractivity (Wildman–Crippen MR) is 163 cm³/mol. The molecule has 2 aromatic heterocycles. The van der Waals surface area contributed by atoms with E-state index in [9.17, 15) is 9.36 Å². The molecule has 0 saturated heterocycles. The second-order valence-corrected chi connectivity index (χ2v) is 12.9. The van der Waals surface area contributed by atoms with Gasteiger partial charge in [0.2, 0.25) is 0 Å². The number of nitrogens with two attached hydrogens (primary N) is 1. The summed E-state index contributed by atoms with van der Waals surface area (Å²) in [5, 5.41) is 4.07. The van der Waals surface area contributed by atoms with Crippen LogP contribution in [0.5, 0.6) is 5.75 Å². The van der Waals surface area contributed by atoms with Crippen LogP contribution < -0.4 is 15.3 Å². The third-order valence-corrected chi connectivity index (χ3v) is 8.08. The van der Waals surface area contributed by atoms with Crippen molar-refractivity contribution < 1.29 is 27.9 Å². The number of hydrogen-bond donors (Lipinski definition) is 2. The lowest BCUT2D eigenvalue weighted by atomic mass is 10.2. The Morgan fingerprint density at radius 1 is 1.12 bits per heavy atom. The number of rotatable bonds is 12. The van der Waals surface area contributed by atoms with Crippen LogP contribution in [0.3, 0.4) is 0 Å². The Balaban J connectivity index is 1.68. The first-order valence-corrected chi connectivity index (χ1v) is 15.6. The summed E-state index contributed by atoms with van der Waals surface area (Å²) in [6.45, 7) is 11.4. The second kappa shape index (κ2) is 13.0. The van der Waals surface area contributed by atoms with Gasteiger partial charge in [0, 0.05) is 17.0 Å². The van der Waals surface area contributed by atoms with Gasteiger partial charge in [-0.1, -0.05) is 29.8 Å². The van der Waals surface area contributed by atoms with Crippen molar-refractivity contribution in [1.82, 2.24) is 19.6 Å². The predicted octanol–water partition coefficient (Wildman–Crippen LogP) is 6.27. The fraction of sp³-hybridized carbons (Fsp3) is 0.414. The van der Waals surface area contributed by atoms with Crippen LogP contribution in [0.4, 0.5) is 5.82 Å². The average Bonchev–Trinajstić information content (AvgIpc) is 3.26. The quantitative estimate of drug-likeness (QED) is 0.138. The number of nitrogen functional groups attached to an aromatic ring is 1. The molecule has 4 rings (SSSR count).